The second-order valence-electron chi connectivity index (χ2n) is 4.57. The zero-order chi connectivity index (χ0) is 9.80. The van der Waals surface area contributed by atoms with Gasteiger partial charge >= 0.3 is 0 Å². The average Bonchev–Trinajstić information content (AvgIpc) is 2.44. The quantitative estimate of drug-likeness (QED) is 0.638. The molecule has 14 heavy (non-hydrogen) atoms. The number of hydrogen-bond donors (Lipinski definition) is 1. The number of hydrogen-bond acceptors (Lipinski definition) is 3. The van der Waals surface area contributed by atoms with Crippen LogP contribution in [0.1, 0.15) is 32.1 Å². The predicted octanol–water partition coefficient (Wildman–Crippen LogP) is 0.979. The topological polar surface area (TPSA) is 38.5 Å². The highest BCUT2D eigenvalue weighted by Gasteiger charge is 2.23. The predicted molar refractivity (Wildman–Crippen MR) is 57.2 cm³/mol. The first kappa shape index (κ1) is 10.4. The summed E-state index contributed by atoms with van der Waals surface area (Å²) in [7, 11) is 0. The minimum Gasteiger partial charge on any atom is -0.379 e. The van der Waals surface area contributed by atoms with E-state index in [1.165, 1.54) is 32.1 Å². The lowest BCUT2D eigenvalue weighted by Crippen LogP contribution is -2.43. The van der Waals surface area contributed by atoms with Gasteiger partial charge in [-0.3, -0.25) is 4.90 Å². The van der Waals surface area contributed by atoms with Crippen LogP contribution in [0, 0.1) is 0 Å². The third-order valence-electron chi connectivity index (χ3n) is 3.55. The summed E-state index contributed by atoms with van der Waals surface area (Å²) in [5.41, 5.74) is 5.98. The van der Waals surface area contributed by atoms with Gasteiger partial charge in [-0.15, -0.1) is 0 Å². The fraction of sp³-hybridized carbons (Fsp3) is 1.00. The second kappa shape index (κ2) is 5.10. The standard InChI is InChI=1S/C11H22N2O/c12-10-2-1-3-11(5-4-10)13-6-8-14-9-7-13/h10-11H,1-9,12H2. The van der Waals surface area contributed by atoms with Crippen LogP contribution in [-0.2, 0) is 4.74 Å². The summed E-state index contributed by atoms with van der Waals surface area (Å²) in [5, 5.41) is 0. The van der Waals surface area contributed by atoms with Crippen molar-refractivity contribution in [2.24, 2.45) is 5.73 Å². The molecule has 3 nitrogen and oxygen atoms in total. The fourth-order valence-corrected chi connectivity index (χ4v) is 2.62. The molecule has 3 heteroatoms. The van der Waals surface area contributed by atoms with Gasteiger partial charge in [-0.05, 0) is 25.7 Å². The minimum absolute atomic E-state index is 0.459. The van der Waals surface area contributed by atoms with Crippen LogP contribution in [0.2, 0.25) is 0 Å². The molecule has 1 saturated carbocycles. The molecular weight excluding hydrogens is 176 g/mol. The molecule has 0 aromatic heterocycles. The Hall–Kier alpha value is -0.120. The van der Waals surface area contributed by atoms with E-state index < -0.39 is 0 Å². The van der Waals surface area contributed by atoms with E-state index in [1.54, 1.807) is 0 Å². The fourth-order valence-electron chi connectivity index (χ4n) is 2.62. The van der Waals surface area contributed by atoms with Crippen molar-refractivity contribution < 1.29 is 4.74 Å². The molecule has 2 aliphatic rings. The molecule has 0 aromatic carbocycles. The lowest BCUT2D eigenvalue weighted by Gasteiger charge is -2.34. The van der Waals surface area contributed by atoms with E-state index in [0.29, 0.717) is 6.04 Å². The number of nitrogens with two attached hydrogens (primary N) is 1. The van der Waals surface area contributed by atoms with Gasteiger partial charge in [0.25, 0.3) is 0 Å². The monoisotopic (exact) mass is 198 g/mol. The van der Waals surface area contributed by atoms with E-state index in [2.05, 4.69) is 4.90 Å². The van der Waals surface area contributed by atoms with Gasteiger partial charge in [0.15, 0.2) is 0 Å². The Morgan fingerprint density at radius 2 is 1.79 bits per heavy atom. The summed E-state index contributed by atoms with van der Waals surface area (Å²) in [4.78, 5) is 2.60. The molecule has 2 fully saturated rings. The van der Waals surface area contributed by atoms with Crippen LogP contribution in [0.5, 0.6) is 0 Å². The van der Waals surface area contributed by atoms with Gasteiger partial charge in [-0.25, -0.2) is 0 Å². The number of ether oxygens (including phenoxy) is 1. The molecule has 1 heterocycles. The zero-order valence-corrected chi connectivity index (χ0v) is 8.95. The number of nitrogens with zero attached hydrogens (tertiary/aromatic N) is 1. The van der Waals surface area contributed by atoms with E-state index in [9.17, 15) is 0 Å². The van der Waals surface area contributed by atoms with Crippen LogP contribution in [0.4, 0.5) is 0 Å². The molecule has 1 aliphatic carbocycles. The second-order valence-corrected chi connectivity index (χ2v) is 4.57. The molecule has 0 aromatic rings. The van der Waals surface area contributed by atoms with Gasteiger partial charge in [0.1, 0.15) is 0 Å². The smallest absolute Gasteiger partial charge is 0.0594 e. The van der Waals surface area contributed by atoms with Crippen molar-refractivity contribution in [1.29, 1.82) is 0 Å². The summed E-state index contributed by atoms with van der Waals surface area (Å²) in [6.07, 6.45) is 6.38. The average molecular weight is 198 g/mol. The molecule has 82 valence electrons. The Morgan fingerprint density at radius 3 is 2.57 bits per heavy atom. The van der Waals surface area contributed by atoms with Crippen molar-refractivity contribution in [2.75, 3.05) is 26.3 Å². The normalized spacial score (nSPS) is 36.6. The lowest BCUT2D eigenvalue weighted by atomic mass is 10.1. The highest BCUT2D eigenvalue weighted by atomic mass is 16.5. The summed E-state index contributed by atoms with van der Waals surface area (Å²) in [6, 6.07) is 1.24. The van der Waals surface area contributed by atoms with Gasteiger partial charge in [0.05, 0.1) is 13.2 Å². The molecule has 0 amide bonds. The number of rotatable bonds is 1. The molecular formula is C11H22N2O. The Balaban J connectivity index is 1.83. The first-order chi connectivity index (χ1) is 6.86. The summed E-state index contributed by atoms with van der Waals surface area (Å²) in [6.45, 7) is 4.09. The molecule has 1 saturated heterocycles. The van der Waals surface area contributed by atoms with Crippen LogP contribution in [0.25, 0.3) is 0 Å². The van der Waals surface area contributed by atoms with Crippen LogP contribution in [0.3, 0.4) is 0 Å². The van der Waals surface area contributed by atoms with Crippen molar-refractivity contribution in [1.82, 2.24) is 4.90 Å². The van der Waals surface area contributed by atoms with Crippen LogP contribution < -0.4 is 5.73 Å². The van der Waals surface area contributed by atoms with E-state index in [-0.39, 0.29) is 0 Å². The van der Waals surface area contributed by atoms with Gasteiger partial charge < -0.3 is 10.5 Å². The van der Waals surface area contributed by atoms with E-state index in [4.69, 9.17) is 10.5 Å². The largest absolute Gasteiger partial charge is 0.379 e. The maximum Gasteiger partial charge on any atom is 0.0594 e. The van der Waals surface area contributed by atoms with E-state index in [0.717, 1.165) is 32.3 Å². The first-order valence-electron chi connectivity index (χ1n) is 5.93. The summed E-state index contributed by atoms with van der Waals surface area (Å²) >= 11 is 0. The van der Waals surface area contributed by atoms with Crippen LogP contribution >= 0.6 is 0 Å². The summed E-state index contributed by atoms with van der Waals surface area (Å²) < 4.78 is 5.38. The van der Waals surface area contributed by atoms with Crippen molar-refractivity contribution in [3.63, 3.8) is 0 Å². The Kier molecular flexibility index (Phi) is 3.79. The molecule has 2 rings (SSSR count). The van der Waals surface area contributed by atoms with Gasteiger partial charge in [-0.1, -0.05) is 6.42 Å². The lowest BCUT2D eigenvalue weighted by molar-refractivity contribution is 0.0133. The van der Waals surface area contributed by atoms with Gasteiger partial charge in [0, 0.05) is 25.2 Å². The SMILES string of the molecule is NC1CCCC(N2CCOCC2)CC1. The van der Waals surface area contributed by atoms with Crippen LogP contribution in [0.15, 0.2) is 0 Å². The molecule has 2 atom stereocenters. The Bertz CT molecular complexity index is 169. The Labute approximate surface area is 86.6 Å². The van der Waals surface area contributed by atoms with E-state index in [1.807, 2.05) is 0 Å². The van der Waals surface area contributed by atoms with Gasteiger partial charge in [0.2, 0.25) is 0 Å². The van der Waals surface area contributed by atoms with E-state index >= 15 is 0 Å². The van der Waals surface area contributed by atoms with Crippen molar-refractivity contribution in [3.05, 3.63) is 0 Å². The highest BCUT2D eigenvalue weighted by Crippen LogP contribution is 2.21. The molecule has 0 spiro atoms. The third kappa shape index (κ3) is 2.69. The van der Waals surface area contributed by atoms with Gasteiger partial charge in [-0.2, -0.15) is 0 Å². The van der Waals surface area contributed by atoms with Crippen molar-refractivity contribution in [2.45, 2.75) is 44.2 Å². The van der Waals surface area contributed by atoms with Crippen molar-refractivity contribution >= 4 is 0 Å². The third-order valence-corrected chi connectivity index (χ3v) is 3.55. The summed E-state index contributed by atoms with van der Waals surface area (Å²) in [5.74, 6) is 0. The molecule has 2 unspecified atom stereocenters. The highest BCUT2D eigenvalue weighted by molar-refractivity contribution is 4.79. The molecule has 0 radical (unpaired) electrons. The number of morpholine rings is 1. The molecule has 0 bridgehead atoms. The van der Waals surface area contributed by atoms with Crippen molar-refractivity contribution in [3.8, 4) is 0 Å². The zero-order valence-electron chi connectivity index (χ0n) is 8.95. The first-order valence-corrected chi connectivity index (χ1v) is 5.93. The maximum atomic E-state index is 5.98. The Morgan fingerprint density at radius 1 is 1.00 bits per heavy atom. The molecule has 2 N–H and O–H groups in total. The maximum absolute atomic E-state index is 5.98. The molecule has 1 aliphatic heterocycles. The van der Waals surface area contributed by atoms with Crippen LogP contribution in [-0.4, -0.2) is 43.3 Å². The minimum atomic E-state index is 0.459.